The van der Waals surface area contributed by atoms with Crippen molar-refractivity contribution in [2.24, 2.45) is 10.1 Å². The zero-order chi connectivity index (χ0) is 21.0. The van der Waals surface area contributed by atoms with Gasteiger partial charge in [-0.3, -0.25) is 4.99 Å². The van der Waals surface area contributed by atoms with E-state index in [1.54, 1.807) is 25.5 Å². The fourth-order valence-electron chi connectivity index (χ4n) is 2.63. The number of hydrogen-bond acceptors (Lipinski definition) is 6. The molecule has 0 aliphatic heterocycles. The summed E-state index contributed by atoms with van der Waals surface area (Å²) in [5.41, 5.74) is 2.72. The fourth-order valence-corrected chi connectivity index (χ4v) is 4.06. The van der Waals surface area contributed by atoms with Crippen molar-refractivity contribution in [1.29, 1.82) is 0 Å². The molecule has 8 heteroatoms. The van der Waals surface area contributed by atoms with Crippen molar-refractivity contribution in [3.05, 3.63) is 56.6 Å². The van der Waals surface area contributed by atoms with Crippen LogP contribution in [-0.4, -0.2) is 36.3 Å². The van der Waals surface area contributed by atoms with E-state index in [0.717, 1.165) is 27.4 Å². The third kappa shape index (κ3) is 4.89. The molecule has 0 saturated heterocycles. The molecule has 152 valence electrons. The van der Waals surface area contributed by atoms with E-state index in [2.05, 4.69) is 26.0 Å². The number of methoxy groups -OCH3 is 2. The van der Waals surface area contributed by atoms with Crippen LogP contribution in [-0.2, 0) is 0 Å². The SMILES string of the molecule is COc1ccc(-c2csc(=NC(C)C)n2N=Cc2cc(Br)c(O)c(OC)c2)cc1. The second-order valence-corrected chi connectivity index (χ2v) is 8.16. The molecule has 0 aliphatic rings. The fraction of sp³-hybridized carbons (Fsp3) is 0.238. The number of phenols is 1. The van der Waals surface area contributed by atoms with Crippen molar-refractivity contribution in [1.82, 2.24) is 4.68 Å². The Labute approximate surface area is 181 Å². The summed E-state index contributed by atoms with van der Waals surface area (Å²) < 4.78 is 12.8. The van der Waals surface area contributed by atoms with Gasteiger partial charge in [0.05, 0.1) is 30.6 Å². The van der Waals surface area contributed by atoms with Gasteiger partial charge in [0.1, 0.15) is 5.75 Å². The highest BCUT2D eigenvalue weighted by molar-refractivity contribution is 9.10. The van der Waals surface area contributed by atoms with Crippen molar-refractivity contribution >= 4 is 33.5 Å². The molecule has 29 heavy (non-hydrogen) atoms. The van der Waals surface area contributed by atoms with Crippen LogP contribution in [0.5, 0.6) is 17.2 Å². The first-order valence-corrected chi connectivity index (χ1v) is 10.6. The Morgan fingerprint density at radius 2 is 1.86 bits per heavy atom. The molecule has 1 heterocycles. The lowest BCUT2D eigenvalue weighted by atomic mass is 10.2. The lowest BCUT2D eigenvalue weighted by molar-refractivity contribution is 0.372. The normalized spacial score (nSPS) is 12.1. The number of benzene rings is 2. The van der Waals surface area contributed by atoms with Crippen LogP contribution in [0.1, 0.15) is 19.4 Å². The zero-order valence-electron chi connectivity index (χ0n) is 16.6. The van der Waals surface area contributed by atoms with Crippen LogP contribution in [0.3, 0.4) is 0 Å². The van der Waals surface area contributed by atoms with Crippen LogP contribution >= 0.6 is 27.3 Å². The highest BCUT2D eigenvalue weighted by atomic mass is 79.9. The number of halogens is 1. The molecular weight excluding hydrogens is 454 g/mol. The predicted octanol–water partition coefficient (Wildman–Crippen LogP) is 4.89. The van der Waals surface area contributed by atoms with Crippen molar-refractivity contribution in [2.75, 3.05) is 14.2 Å². The highest BCUT2D eigenvalue weighted by Crippen LogP contribution is 2.34. The van der Waals surface area contributed by atoms with Gasteiger partial charge in [-0.25, -0.2) is 4.68 Å². The van der Waals surface area contributed by atoms with Gasteiger partial charge in [-0.15, -0.1) is 11.3 Å². The van der Waals surface area contributed by atoms with Gasteiger partial charge in [0, 0.05) is 17.0 Å². The maximum absolute atomic E-state index is 10.0. The minimum absolute atomic E-state index is 0.0576. The molecule has 2 aromatic carbocycles. The molecule has 0 spiro atoms. The number of nitrogens with zero attached hydrogens (tertiary/aromatic N) is 3. The van der Waals surface area contributed by atoms with Crippen LogP contribution in [0.4, 0.5) is 0 Å². The Morgan fingerprint density at radius 1 is 1.14 bits per heavy atom. The average molecular weight is 476 g/mol. The molecular formula is C21H22BrN3O3S. The summed E-state index contributed by atoms with van der Waals surface area (Å²) in [6.45, 7) is 4.06. The van der Waals surface area contributed by atoms with Crippen LogP contribution < -0.4 is 14.3 Å². The molecule has 0 saturated carbocycles. The molecule has 1 aromatic heterocycles. The Kier molecular flexibility index (Phi) is 6.76. The lowest BCUT2D eigenvalue weighted by Gasteiger charge is -2.07. The summed E-state index contributed by atoms with van der Waals surface area (Å²) in [5.74, 6) is 1.23. The first kappa shape index (κ1) is 21.1. The quantitative estimate of drug-likeness (QED) is 0.515. The first-order valence-electron chi connectivity index (χ1n) is 8.92. The summed E-state index contributed by atoms with van der Waals surface area (Å²) in [7, 11) is 3.16. The molecule has 0 aliphatic carbocycles. The molecule has 6 nitrogen and oxygen atoms in total. The summed E-state index contributed by atoms with van der Waals surface area (Å²) in [5, 5.41) is 16.7. The van der Waals surface area contributed by atoms with E-state index in [4.69, 9.17) is 9.47 Å². The van der Waals surface area contributed by atoms with E-state index in [0.29, 0.717) is 10.2 Å². The Bertz CT molecular complexity index is 1090. The van der Waals surface area contributed by atoms with E-state index in [-0.39, 0.29) is 11.8 Å². The molecule has 3 rings (SSSR count). The molecule has 0 amide bonds. The molecule has 3 aromatic rings. The molecule has 0 atom stereocenters. The van der Waals surface area contributed by atoms with E-state index in [1.807, 2.05) is 48.2 Å². The summed E-state index contributed by atoms with van der Waals surface area (Å²) >= 11 is 4.88. The zero-order valence-corrected chi connectivity index (χ0v) is 19.0. The maximum Gasteiger partial charge on any atom is 0.206 e. The van der Waals surface area contributed by atoms with Crippen LogP contribution in [0.15, 0.2) is 56.3 Å². The first-order chi connectivity index (χ1) is 13.9. The molecule has 0 unspecified atom stereocenters. The van der Waals surface area contributed by atoms with Crippen molar-refractivity contribution in [3.63, 3.8) is 0 Å². The van der Waals surface area contributed by atoms with E-state index < -0.39 is 0 Å². The third-order valence-electron chi connectivity index (χ3n) is 4.03. The van der Waals surface area contributed by atoms with Gasteiger partial charge in [-0.05, 0) is 71.7 Å². The summed E-state index contributed by atoms with van der Waals surface area (Å²) in [4.78, 5) is 5.48. The summed E-state index contributed by atoms with van der Waals surface area (Å²) in [6.07, 6.45) is 1.71. The smallest absolute Gasteiger partial charge is 0.206 e. The van der Waals surface area contributed by atoms with Gasteiger partial charge in [-0.1, -0.05) is 0 Å². The largest absolute Gasteiger partial charge is 0.503 e. The minimum Gasteiger partial charge on any atom is -0.503 e. The lowest BCUT2D eigenvalue weighted by Crippen LogP contribution is -2.14. The second kappa shape index (κ2) is 9.28. The van der Waals surface area contributed by atoms with Gasteiger partial charge in [-0.2, -0.15) is 5.10 Å². The van der Waals surface area contributed by atoms with Gasteiger partial charge in [0.25, 0.3) is 0 Å². The van der Waals surface area contributed by atoms with Crippen LogP contribution in [0.2, 0.25) is 0 Å². The Hall–Kier alpha value is -2.58. The standard InChI is InChI=1S/C21H22BrN3O3S/c1-13(2)24-21-25(18(12-29-21)15-5-7-16(27-3)8-6-15)23-11-14-9-17(22)20(26)19(10-14)28-4/h5-13,26H,1-4H3. The molecule has 0 radical (unpaired) electrons. The molecule has 1 N–H and O–H groups in total. The van der Waals surface area contributed by atoms with E-state index in [9.17, 15) is 5.11 Å². The second-order valence-electron chi connectivity index (χ2n) is 6.46. The molecule has 0 bridgehead atoms. The van der Waals surface area contributed by atoms with E-state index in [1.165, 1.54) is 18.4 Å². The monoisotopic (exact) mass is 475 g/mol. The number of hydrogen-bond donors (Lipinski definition) is 1. The number of thiazole rings is 1. The maximum atomic E-state index is 10.0. The Balaban J connectivity index is 2.08. The number of rotatable bonds is 6. The predicted molar refractivity (Wildman–Crippen MR) is 120 cm³/mol. The third-order valence-corrected chi connectivity index (χ3v) is 5.47. The van der Waals surface area contributed by atoms with Gasteiger partial charge in [0.15, 0.2) is 11.5 Å². The van der Waals surface area contributed by atoms with Gasteiger partial charge < -0.3 is 14.6 Å². The number of ether oxygens (including phenoxy) is 2. The Morgan fingerprint density at radius 3 is 2.48 bits per heavy atom. The van der Waals surface area contributed by atoms with Gasteiger partial charge >= 0.3 is 0 Å². The number of phenolic OH excluding ortho intramolecular Hbond substituents is 1. The van der Waals surface area contributed by atoms with Crippen LogP contribution in [0, 0.1) is 0 Å². The van der Waals surface area contributed by atoms with E-state index >= 15 is 0 Å². The van der Waals surface area contributed by atoms with Crippen LogP contribution in [0.25, 0.3) is 11.3 Å². The number of aromatic nitrogens is 1. The summed E-state index contributed by atoms with van der Waals surface area (Å²) in [6, 6.07) is 11.5. The minimum atomic E-state index is 0.0576. The highest BCUT2D eigenvalue weighted by Gasteiger charge is 2.10. The number of aromatic hydroxyl groups is 1. The van der Waals surface area contributed by atoms with Crippen molar-refractivity contribution in [3.8, 4) is 28.5 Å². The molecule has 0 fully saturated rings. The van der Waals surface area contributed by atoms with Crippen molar-refractivity contribution in [2.45, 2.75) is 19.9 Å². The topological polar surface area (TPSA) is 68.3 Å². The van der Waals surface area contributed by atoms with Crippen molar-refractivity contribution < 1.29 is 14.6 Å². The average Bonchev–Trinajstić information content (AvgIpc) is 3.10. The van der Waals surface area contributed by atoms with Gasteiger partial charge in [0.2, 0.25) is 4.80 Å².